The number of halogens is 1. The first kappa shape index (κ1) is 17.7. The molecule has 0 aromatic rings. The summed E-state index contributed by atoms with van der Waals surface area (Å²) in [7, 11) is 0. The minimum Gasteiger partial charge on any atom is -0.376 e. The lowest BCUT2D eigenvalue weighted by Crippen LogP contribution is -2.29. The molecule has 1 amide bonds. The first-order valence-electron chi connectivity index (χ1n) is 6.91. The van der Waals surface area contributed by atoms with Gasteiger partial charge < -0.3 is 15.8 Å². The average Bonchev–Trinajstić information content (AvgIpc) is 2.60. The monoisotopic (exact) mass is 278 g/mol. The van der Waals surface area contributed by atoms with E-state index in [1.54, 1.807) is 0 Å². The molecule has 0 radical (unpaired) electrons. The Morgan fingerprint density at radius 1 is 1.22 bits per heavy atom. The van der Waals surface area contributed by atoms with Crippen LogP contribution in [0.25, 0.3) is 0 Å². The molecule has 0 spiro atoms. The van der Waals surface area contributed by atoms with Gasteiger partial charge in [0, 0.05) is 13.0 Å². The molecule has 0 heterocycles. The summed E-state index contributed by atoms with van der Waals surface area (Å²) in [6.45, 7) is 1.84. The van der Waals surface area contributed by atoms with Crippen molar-refractivity contribution in [2.75, 3.05) is 19.7 Å². The Hall–Kier alpha value is -0.320. The summed E-state index contributed by atoms with van der Waals surface area (Å²) in [6.07, 6.45) is 9.32. The first-order chi connectivity index (χ1) is 8.33. The average molecular weight is 279 g/mol. The van der Waals surface area contributed by atoms with E-state index in [0.29, 0.717) is 32.2 Å². The standard InChI is InChI=1S/C13H26N2O2.ClH/c14-9-5-8-13(16)15-10-11-17-12-6-3-1-2-4-7-12;/h12H,1-11,14H2,(H,15,16);1H. The highest BCUT2D eigenvalue weighted by Crippen LogP contribution is 2.19. The van der Waals surface area contributed by atoms with Crippen LogP contribution in [0, 0.1) is 0 Å². The van der Waals surface area contributed by atoms with Gasteiger partial charge in [-0.2, -0.15) is 0 Å². The van der Waals surface area contributed by atoms with Crippen molar-refractivity contribution < 1.29 is 9.53 Å². The van der Waals surface area contributed by atoms with Crippen LogP contribution < -0.4 is 11.1 Å². The molecule has 4 nitrogen and oxygen atoms in total. The van der Waals surface area contributed by atoms with E-state index >= 15 is 0 Å². The Labute approximate surface area is 116 Å². The second-order valence-electron chi connectivity index (χ2n) is 4.73. The van der Waals surface area contributed by atoms with Crippen LogP contribution in [0.15, 0.2) is 0 Å². The second-order valence-corrected chi connectivity index (χ2v) is 4.73. The van der Waals surface area contributed by atoms with Crippen molar-refractivity contribution in [1.29, 1.82) is 0 Å². The second kappa shape index (κ2) is 11.8. The van der Waals surface area contributed by atoms with E-state index in [-0.39, 0.29) is 18.3 Å². The summed E-state index contributed by atoms with van der Waals surface area (Å²) >= 11 is 0. The SMILES string of the molecule is Cl.NCCCC(=O)NCCOC1CCCCCC1. The number of amides is 1. The van der Waals surface area contributed by atoms with E-state index in [1.165, 1.54) is 38.5 Å². The number of carbonyl (C=O) groups excluding carboxylic acids is 1. The summed E-state index contributed by atoms with van der Waals surface area (Å²) in [5, 5.41) is 2.85. The number of ether oxygens (including phenoxy) is 1. The van der Waals surface area contributed by atoms with Gasteiger partial charge in [0.15, 0.2) is 0 Å². The van der Waals surface area contributed by atoms with Gasteiger partial charge in [0.25, 0.3) is 0 Å². The zero-order valence-corrected chi connectivity index (χ0v) is 12.0. The van der Waals surface area contributed by atoms with Gasteiger partial charge in [0.05, 0.1) is 12.7 Å². The molecule has 0 aliphatic heterocycles. The quantitative estimate of drug-likeness (QED) is 0.553. The molecule has 3 N–H and O–H groups in total. The zero-order valence-electron chi connectivity index (χ0n) is 11.2. The van der Waals surface area contributed by atoms with Crippen molar-refractivity contribution in [2.45, 2.75) is 57.5 Å². The largest absolute Gasteiger partial charge is 0.376 e. The maximum Gasteiger partial charge on any atom is 0.220 e. The number of hydrogen-bond acceptors (Lipinski definition) is 3. The molecule has 1 aliphatic rings. The molecule has 0 aromatic heterocycles. The predicted molar refractivity (Wildman–Crippen MR) is 76.0 cm³/mol. The lowest BCUT2D eigenvalue weighted by Gasteiger charge is -2.15. The molecule has 0 atom stereocenters. The molecule has 0 unspecified atom stereocenters. The van der Waals surface area contributed by atoms with E-state index in [0.717, 1.165) is 6.42 Å². The molecule has 18 heavy (non-hydrogen) atoms. The first-order valence-corrected chi connectivity index (χ1v) is 6.91. The third-order valence-corrected chi connectivity index (χ3v) is 3.19. The van der Waals surface area contributed by atoms with Crippen LogP contribution in [0.5, 0.6) is 0 Å². The molecule has 0 saturated heterocycles. The number of nitrogens with two attached hydrogens (primary N) is 1. The summed E-state index contributed by atoms with van der Waals surface area (Å²) in [5.74, 6) is 0.0833. The Balaban J connectivity index is 0.00000289. The van der Waals surface area contributed by atoms with Crippen LogP contribution in [0.4, 0.5) is 0 Å². The fourth-order valence-corrected chi connectivity index (χ4v) is 2.18. The predicted octanol–water partition coefficient (Wildman–Crippen LogP) is 2.00. The van der Waals surface area contributed by atoms with E-state index < -0.39 is 0 Å². The van der Waals surface area contributed by atoms with Crippen molar-refractivity contribution in [3.05, 3.63) is 0 Å². The van der Waals surface area contributed by atoms with Crippen LogP contribution in [-0.4, -0.2) is 31.7 Å². The Bertz CT molecular complexity index is 207. The number of hydrogen-bond donors (Lipinski definition) is 2. The molecule has 108 valence electrons. The fourth-order valence-electron chi connectivity index (χ4n) is 2.18. The number of nitrogens with one attached hydrogen (secondary N) is 1. The van der Waals surface area contributed by atoms with Gasteiger partial charge in [-0.1, -0.05) is 25.7 Å². The molecule has 5 heteroatoms. The molecule has 0 bridgehead atoms. The maximum absolute atomic E-state index is 11.3. The van der Waals surface area contributed by atoms with Gasteiger partial charge in [-0.05, 0) is 25.8 Å². The minimum atomic E-state index is 0. The van der Waals surface area contributed by atoms with Crippen LogP contribution in [0.3, 0.4) is 0 Å². The van der Waals surface area contributed by atoms with E-state index in [2.05, 4.69) is 5.32 Å². The van der Waals surface area contributed by atoms with Gasteiger partial charge in [0.1, 0.15) is 0 Å². The van der Waals surface area contributed by atoms with Gasteiger partial charge in [-0.25, -0.2) is 0 Å². The Kier molecular flexibility index (Phi) is 11.5. The highest BCUT2D eigenvalue weighted by atomic mass is 35.5. The van der Waals surface area contributed by atoms with Gasteiger partial charge >= 0.3 is 0 Å². The van der Waals surface area contributed by atoms with Crippen molar-refractivity contribution in [3.63, 3.8) is 0 Å². The summed E-state index contributed by atoms with van der Waals surface area (Å²) in [5.41, 5.74) is 5.34. The fraction of sp³-hybridized carbons (Fsp3) is 0.923. The van der Waals surface area contributed by atoms with Crippen LogP contribution >= 0.6 is 12.4 Å². The minimum absolute atomic E-state index is 0. The highest BCUT2D eigenvalue weighted by molar-refractivity contribution is 5.85. The smallest absolute Gasteiger partial charge is 0.220 e. The number of rotatable bonds is 7. The summed E-state index contributed by atoms with van der Waals surface area (Å²) < 4.78 is 5.78. The van der Waals surface area contributed by atoms with E-state index in [1.807, 2.05) is 0 Å². The number of carbonyl (C=O) groups is 1. The summed E-state index contributed by atoms with van der Waals surface area (Å²) in [4.78, 5) is 11.3. The summed E-state index contributed by atoms with van der Waals surface area (Å²) in [6, 6.07) is 0. The molecule has 1 aliphatic carbocycles. The van der Waals surface area contributed by atoms with Crippen molar-refractivity contribution in [1.82, 2.24) is 5.32 Å². The lowest BCUT2D eigenvalue weighted by atomic mass is 10.1. The van der Waals surface area contributed by atoms with E-state index in [9.17, 15) is 4.79 Å². The molecular weight excluding hydrogens is 252 g/mol. The van der Waals surface area contributed by atoms with Gasteiger partial charge in [0.2, 0.25) is 5.91 Å². The van der Waals surface area contributed by atoms with Crippen LogP contribution in [0.1, 0.15) is 51.4 Å². The maximum atomic E-state index is 11.3. The third-order valence-electron chi connectivity index (χ3n) is 3.19. The molecule has 0 aromatic carbocycles. The lowest BCUT2D eigenvalue weighted by molar-refractivity contribution is -0.121. The Morgan fingerprint density at radius 2 is 1.89 bits per heavy atom. The van der Waals surface area contributed by atoms with Gasteiger partial charge in [-0.15, -0.1) is 12.4 Å². The molecular formula is C13H27ClN2O2. The van der Waals surface area contributed by atoms with E-state index in [4.69, 9.17) is 10.5 Å². The van der Waals surface area contributed by atoms with Crippen LogP contribution in [0.2, 0.25) is 0 Å². The van der Waals surface area contributed by atoms with Crippen molar-refractivity contribution in [3.8, 4) is 0 Å². The topological polar surface area (TPSA) is 64.4 Å². The normalized spacial score (nSPS) is 16.7. The van der Waals surface area contributed by atoms with Crippen molar-refractivity contribution in [2.24, 2.45) is 5.73 Å². The zero-order chi connectivity index (χ0) is 12.3. The van der Waals surface area contributed by atoms with Crippen LogP contribution in [-0.2, 0) is 9.53 Å². The molecule has 1 rings (SSSR count). The third kappa shape index (κ3) is 8.72. The molecule has 1 fully saturated rings. The van der Waals surface area contributed by atoms with Gasteiger partial charge in [-0.3, -0.25) is 4.79 Å². The molecule has 1 saturated carbocycles. The Morgan fingerprint density at radius 3 is 2.50 bits per heavy atom. The van der Waals surface area contributed by atoms with Crippen molar-refractivity contribution >= 4 is 18.3 Å². The highest BCUT2D eigenvalue weighted by Gasteiger charge is 2.12.